The van der Waals surface area contributed by atoms with Crippen LogP contribution in [0.1, 0.15) is 52.4 Å². The van der Waals surface area contributed by atoms with Gasteiger partial charge in [0.05, 0.1) is 0 Å². The van der Waals surface area contributed by atoms with E-state index in [-0.39, 0.29) is 0 Å². The number of nitrogens with zero attached hydrogens (tertiary/aromatic N) is 1. The van der Waals surface area contributed by atoms with Crippen molar-refractivity contribution in [1.82, 2.24) is 10.2 Å². The largest absolute Gasteiger partial charge is 0.316 e. The molecule has 2 aliphatic rings. The summed E-state index contributed by atoms with van der Waals surface area (Å²) in [4.78, 5) is 2.81. The highest BCUT2D eigenvalue weighted by Crippen LogP contribution is 2.41. The van der Waals surface area contributed by atoms with Crippen LogP contribution in [0.3, 0.4) is 0 Å². The van der Waals surface area contributed by atoms with Crippen molar-refractivity contribution in [2.75, 3.05) is 20.1 Å². The summed E-state index contributed by atoms with van der Waals surface area (Å²) in [5, 5.41) is 3.50. The molecule has 16 heavy (non-hydrogen) atoms. The molecule has 2 heterocycles. The quantitative estimate of drug-likeness (QED) is 0.793. The van der Waals surface area contributed by atoms with Crippen molar-refractivity contribution in [3.8, 4) is 0 Å². The van der Waals surface area contributed by atoms with Gasteiger partial charge < -0.3 is 5.32 Å². The first kappa shape index (κ1) is 12.4. The minimum atomic E-state index is 0.540. The summed E-state index contributed by atoms with van der Waals surface area (Å²) in [5.41, 5.74) is 0.540. The molecule has 94 valence electrons. The molecule has 0 amide bonds. The normalized spacial score (nSPS) is 36.4. The van der Waals surface area contributed by atoms with E-state index in [4.69, 9.17) is 0 Å². The molecule has 2 nitrogen and oxygen atoms in total. The fourth-order valence-corrected chi connectivity index (χ4v) is 3.90. The van der Waals surface area contributed by atoms with Gasteiger partial charge >= 0.3 is 0 Å². The van der Waals surface area contributed by atoms with Crippen LogP contribution in [-0.2, 0) is 0 Å². The van der Waals surface area contributed by atoms with Gasteiger partial charge in [0.1, 0.15) is 0 Å². The van der Waals surface area contributed by atoms with Gasteiger partial charge in [-0.15, -0.1) is 0 Å². The fraction of sp³-hybridized carbons (Fsp3) is 1.00. The Morgan fingerprint density at radius 3 is 2.81 bits per heavy atom. The maximum absolute atomic E-state index is 3.50. The Balaban J connectivity index is 2.12. The topological polar surface area (TPSA) is 15.3 Å². The van der Waals surface area contributed by atoms with Crippen LogP contribution in [0, 0.1) is 5.92 Å². The summed E-state index contributed by atoms with van der Waals surface area (Å²) in [6.07, 6.45) is 8.51. The van der Waals surface area contributed by atoms with E-state index in [0.717, 1.165) is 12.0 Å². The minimum absolute atomic E-state index is 0.540. The molecule has 2 fully saturated rings. The van der Waals surface area contributed by atoms with E-state index in [9.17, 15) is 0 Å². The van der Waals surface area contributed by atoms with Gasteiger partial charge in [-0.1, -0.05) is 26.7 Å². The van der Waals surface area contributed by atoms with Crippen molar-refractivity contribution in [1.29, 1.82) is 0 Å². The van der Waals surface area contributed by atoms with E-state index in [0.29, 0.717) is 5.54 Å². The highest BCUT2D eigenvalue weighted by Gasteiger charge is 2.45. The third kappa shape index (κ3) is 2.43. The highest BCUT2D eigenvalue weighted by atomic mass is 15.3. The van der Waals surface area contributed by atoms with E-state index in [1.807, 2.05) is 0 Å². The van der Waals surface area contributed by atoms with Gasteiger partial charge in [-0.05, 0) is 45.2 Å². The zero-order chi connectivity index (χ0) is 11.6. The average molecular weight is 224 g/mol. The van der Waals surface area contributed by atoms with Crippen molar-refractivity contribution in [3.63, 3.8) is 0 Å². The number of fused-ring (bicyclic) bond motifs is 1. The van der Waals surface area contributed by atoms with Gasteiger partial charge in [0.15, 0.2) is 0 Å². The van der Waals surface area contributed by atoms with Crippen molar-refractivity contribution >= 4 is 0 Å². The third-order valence-electron chi connectivity index (χ3n) is 4.50. The molecule has 2 saturated heterocycles. The molecular formula is C14H28N2. The van der Waals surface area contributed by atoms with Crippen molar-refractivity contribution in [3.05, 3.63) is 0 Å². The molecule has 2 aliphatic heterocycles. The second kappa shape index (κ2) is 5.05. The van der Waals surface area contributed by atoms with Gasteiger partial charge in [0, 0.05) is 18.1 Å². The van der Waals surface area contributed by atoms with Crippen LogP contribution in [0.2, 0.25) is 0 Å². The second-order valence-electron chi connectivity index (χ2n) is 6.27. The van der Waals surface area contributed by atoms with Crippen LogP contribution in [0.25, 0.3) is 0 Å². The summed E-state index contributed by atoms with van der Waals surface area (Å²) in [6, 6.07) is 0.733. The SMILES string of the molecule is CN[C@@H]1CN2CCCCC[C@]2(CC(C)C)C1. The standard InChI is InChI=1S/C14H28N2/c1-12(2)9-14-7-5-4-6-8-16(14)11-13(10-14)15-3/h12-13,15H,4-11H2,1-3H3/t13-,14-/m0/s1. The zero-order valence-electron chi connectivity index (χ0n) is 11.3. The number of rotatable bonds is 3. The first-order valence-corrected chi connectivity index (χ1v) is 7.08. The predicted octanol–water partition coefficient (Wildman–Crippen LogP) is 2.64. The molecule has 2 rings (SSSR count). The van der Waals surface area contributed by atoms with E-state index < -0.39 is 0 Å². The summed E-state index contributed by atoms with van der Waals surface area (Å²) in [6.45, 7) is 7.38. The Morgan fingerprint density at radius 1 is 1.31 bits per heavy atom. The third-order valence-corrected chi connectivity index (χ3v) is 4.50. The molecular weight excluding hydrogens is 196 g/mol. The zero-order valence-corrected chi connectivity index (χ0v) is 11.3. The smallest absolute Gasteiger partial charge is 0.0228 e. The molecule has 0 saturated carbocycles. The Hall–Kier alpha value is -0.0800. The maximum atomic E-state index is 3.50. The molecule has 0 aliphatic carbocycles. The van der Waals surface area contributed by atoms with Gasteiger partial charge in [0.25, 0.3) is 0 Å². The molecule has 0 aromatic heterocycles. The van der Waals surface area contributed by atoms with Crippen LogP contribution >= 0.6 is 0 Å². The van der Waals surface area contributed by atoms with Crippen molar-refractivity contribution in [2.24, 2.45) is 5.92 Å². The van der Waals surface area contributed by atoms with Crippen LogP contribution in [0.4, 0.5) is 0 Å². The van der Waals surface area contributed by atoms with Crippen LogP contribution in [0.15, 0.2) is 0 Å². The van der Waals surface area contributed by atoms with Crippen LogP contribution in [0.5, 0.6) is 0 Å². The molecule has 0 aromatic carbocycles. The lowest BCUT2D eigenvalue weighted by Gasteiger charge is -2.38. The van der Waals surface area contributed by atoms with Crippen molar-refractivity contribution in [2.45, 2.75) is 64.0 Å². The Kier molecular flexibility index (Phi) is 3.91. The summed E-state index contributed by atoms with van der Waals surface area (Å²) in [7, 11) is 2.13. The second-order valence-corrected chi connectivity index (χ2v) is 6.27. The Morgan fingerprint density at radius 2 is 2.12 bits per heavy atom. The lowest BCUT2D eigenvalue weighted by Crippen LogP contribution is -2.44. The van der Waals surface area contributed by atoms with Gasteiger partial charge in [0.2, 0.25) is 0 Å². The van der Waals surface area contributed by atoms with Crippen LogP contribution < -0.4 is 5.32 Å². The minimum Gasteiger partial charge on any atom is -0.316 e. The van der Waals surface area contributed by atoms with Crippen molar-refractivity contribution < 1.29 is 0 Å². The van der Waals surface area contributed by atoms with Gasteiger partial charge in [-0.25, -0.2) is 0 Å². The van der Waals surface area contributed by atoms with Gasteiger partial charge in [-0.2, -0.15) is 0 Å². The molecule has 2 atom stereocenters. The summed E-state index contributed by atoms with van der Waals surface area (Å²) < 4.78 is 0. The maximum Gasteiger partial charge on any atom is 0.0228 e. The van der Waals surface area contributed by atoms with Crippen LogP contribution in [-0.4, -0.2) is 36.6 Å². The summed E-state index contributed by atoms with van der Waals surface area (Å²) >= 11 is 0. The van der Waals surface area contributed by atoms with E-state index in [2.05, 4.69) is 31.1 Å². The molecule has 0 radical (unpaired) electrons. The van der Waals surface area contributed by atoms with E-state index >= 15 is 0 Å². The van der Waals surface area contributed by atoms with E-state index in [1.54, 1.807) is 0 Å². The number of nitrogens with one attached hydrogen (secondary N) is 1. The van der Waals surface area contributed by atoms with E-state index in [1.165, 1.54) is 51.6 Å². The fourth-order valence-electron chi connectivity index (χ4n) is 3.90. The molecule has 0 spiro atoms. The molecule has 0 aromatic rings. The highest BCUT2D eigenvalue weighted by molar-refractivity contribution is 5.02. The first-order valence-electron chi connectivity index (χ1n) is 7.08. The first-order chi connectivity index (χ1) is 7.66. The summed E-state index contributed by atoms with van der Waals surface area (Å²) in [5.74, 6) is 0.830. The lowest BCUT2D eigenvalue weighted by atomic mass is 9.82. The number of hydrogen-bond acceptors (Lipinski definition) is 2. The molecule has 2 heteroatoms. The number of hydrogen-bond donors (Lipinski definition) is 1. The Labute approximate surface area is 101 Å². The molecule has 1 N–H and O–H groups in total. The average Bonchev–Trinajstić information content (AvgIpc) is 2.45. The lowest BCUT2D eigenvalue weighted by molar-refractivity contribution is 0.113. The Bertz CT molecular complexity index is 227. The predicted molar refractivity (Wildman–Crippen MR) is 69.7 cm³/mol. The monoisotopic (exact) mass is 224 g/mol. The number of likely N-dealkylation sites (N-methyl/N-ethyl adjacent to an activating group) is 1. The molecule has 0 bridgehead atoms. The van der Waals surface area contributed by atoms with Gasteiger partial charge in [-0.3, -0.25) is 4.90 Å². The molecule has 0 unspecified atom stereocenters.